The first-order valence-corrected chi connectivity index (χ1v) is 14.5. The van der Waals surface area contributed by atoms with E-state index in [1.807, 2.05) is 30.3 Å². The second kappa shape index (κ2) is 17.3. The monoisotopic (exact) mass is 526 g/mol. The molecule has 3 heteroatoms. The molecule has 3 aromatic rings. The largest absolute Gasteiger partial charge is 0.497 e. The predicted octanol–water partition coefficient (Wildman–Crippen LogP) is 9.66. The average molecular weight is 527 g/mol. The fraction of sp³-hybridized carbons (Fsp3) is 0.389. The summed E-state index contributed by atoms with van der Waals surface area (Å²) in [5, 5.41) is 0. The highest BCUT2D eigenvalue weighted by atomic mass is 16.5. The van der Waals surface area contributed by atoms with Crippen molar-refractivity contribution in [3.05, 3.63) is 120 Å². The Bertz CT molecular complexity index is 1050. The van der Waals surface area contributed by atoms with Crippen LogP contribution in [0.15, 0.2) is 103 Å². The quantitative estimate of drug-likeness (QED) is 0.0938. The molecule has 0 heterocycles. The lowest BCUT2D eigenvalue weighted by Crippen LogP contribution is -2.33. The predicted molar refractivity (Wildman–Crippen MR) is 164 cm³/mol. The van der Waals surface area contributed by atoms with Crippen LogP contribution in [-0.4, -0.2) is 20.8 Å². The Balaban J connectivity index is 1.65. The molecule has 0 saturated carbocycles. The van der Waals surface area contributed by atoms with Crippen LogP contribution in [-0.2, 0) is 10.3 Å². The van der Waals surface area contributed by atoms with Crippen LogP contribution < -0.4 is 9.47 Å². The average Bonchev–Trinajstić information content (AvgIpc) is 3.00. The maximum Gasteiger partial charge on any atom is 0.143 e. The molecule has 39 heavy (non-hydrogen) atoms. The van der Waals surface area contributed by atoms with Gasteiger partial charge in [0.05, 0.1) is 14.2 Å². The van der Waals surface area contributed by atoms with Crippen LogP contribution in [0.5, 0.6) is 11.5 Å². The molecule has 0 amide bonds. The van der Waals surface area contributed by atoms with E-state index in [1.165, 1.54) is 32.1 Å². The van der Waals surface area contributed by atoms with Gasteiger partial charge in [-0.15, -0.1) is 0 Å². The zero-order chi connectivity index (χ0) is 27.6. The number of benzene rings is 3. The van der Waals surface area contributed by atoms with E-state index in [4.69, 9.17) is 14.2 Å². The van der Waals surface area contributed by atoms with Gasteiger partial charge in [0, 0.05) is 6.61 Å². The molecule has 0 spiro atoms. The molecule has 0 N–H and O–H groups in total. The van der Waals surface area contributed by atoms with Gasteiger partial charge in [-0.05, 0) is 92.3 Å². The molecule has 3 aromatic carbocycles. The molecule has 0 saturated heterocycles. The molecule has 3 nitrogen and oxygen atoms in total. The first-order valence-electron chi connectivity index (χ1n) is 14.5. The fourth-order valence-corrected chi connectivity index (χ4v) is 4.89. The van der Waals surface area contributed by atoms with E-state index in [0.29, 0.717) is 6.61 Å². The Kier molecular flexibility index (Phi) is 13.4. The first-order chi connectivity index (χ1) is 19.2. The van der Waals surface area contributed by atoms with Gasteiger partial charge in [-0.1, -0.05) is 92.2 Å². The van der Waals surface area contributed by atoms with Gasteiger partial charge in [-0.2, -0.15) is 0 Å². The zero-order valence-corrected chi connectivity index (χ0v) is 24.1. The van der Waals surface area contributed by atoms with Crippen LogP contribution in [0.1, 0.15) is 81.4 Å². The lowest BCUT2D eigenvalue weighted by atomic mass is 9.80. The molecule has 0 atom stereocenters. The normalized spacial score (nSPS) is 11.9. The van der Waals surface area contributed by atoms with Crippen molar-refractivity contribution in [1.82, 2.24) is 0 Å². The number of methoxy groups -OCH3 is 2. The van der Waals surface area contributed by atoms with Crippen LogP contribution in [0, 0.1) is 0 Å². The van der Waals surface area contributed by atoms with Gasteiger partial charge in [0.1, 0.15) is 17.1 Å². The molecule has 0 aromatic heterocycles. The minimum Gasteiger partial charge on any atom is -0.497 e. The first kappa shape index (κ1) is 30.2. The van der Waals surface area contributed by atoms with Crippen molar-refractivity contribution in [1.29, 1.82) is 0 Å². The third kappa shape index (κ3) is 9.14. The van der Waals surface area contributed by atoms with Crippen LogP contribution in [0.3, 0.4) is 0 Å². The van der Waals surface area contributed by atoms with Crippen molar-refractivity contribution >= 4 is 0 Å². The molecule has 0 aliphatic heterocycles. The van der Waals surface area contributed by atoms with E-state index in [9.17, 15) is 0 Å². The minimum atomic E-state index is -0.730. The Morgan fingerprint density at radius 1 is 0.538 bits per heavy atom. The van der Waals surface area contributed by atoms with E-state index < -0.39 is 5.60 Å². The molecule has 0 fully saturated rings. The lowest BCUT2D eigenvalue weighted by molar-refractivity contribution is 0.0106. The van der Waals surface area contributed by atoms with Crippen LogP contribution >= 0.6 is 0 Å². The summed E-state index contributed by atoms with van der Waals surface area (Å²) in [4.78, 5) is 0. The second-order valence-electron chi connectivity index (χ2n) is 9.84. The van der Waals surface area contributed by atoms with E-state index in [1.54, 1.807) is 14.2 Å². The van der Waals surface area contributed by atoms with E-state index in [2.05, 4.69) is 79.8 Å². The molecule has 0 aliphatic carbocycles. The maximum absolute atomic E-state index is 6.93. The number of hydrogen-bond acceptors (Lipinski definition) is 3. The van der Waals surface area contributed by atoms with Crippen molar-refractivity contribution in [3.63, 3.8) is 0 Å². The number of unbranched alkanes of at least 4 members (excludes halogenated alkanes) is 6. The summed E-state index contributed by atoms with van der Waals surface area (Å²) in [6.45, 7) is 2.86. The molecule has 3 rings (SSSR count). The summed E-state index contributed by atoms with van der Waals surface area (Å²) in [6, 6.07) is 27.0. The van der Waals surface area contributed by atoms with Gasteiger partial charge < -0.3 is 14.2 Å². The Hall–Kier alpha value is -3.30. The summed E-state index contributed by atoms with van der Waals surface area (Å²) >= 11 is 0. The van der Waals surface area contributed by atoms with Crippen LogP contribution in [0.2, 0.25) is 0 Å². The summed E-state index contributed by atoms with van der Waals surface area (Å²) in [5.41, 5.74) is 2.53. The smallest absolute Gasteiger partial charge is 0.143 e. The fourth-order valence-electron chi connectivity index (χ4n) is 4.89. The molecule has 0 bridgehead atoms. The molecule has 208 valence electrons. The third-order valence-electron chi connectivity index (χ3n) is 7.07. The minimum absolute atomic E-state index is 0.669. The number of hydrogen-bond donors (Lipinski definition) is 0. The Morgan fingerprint density at radius 2 is 1.00 bits per heavy atom. The topological polar surface area (TPSA) is 27.7 Å². The van der Waals surface area contributed by atoms with E-state index in [-0.39, 0.29) is 0 Å². The molecule has 0 aliphatic rings. The highest BCUT2D eigenvalue weighted by molar-refractivity contribution is 5.49. The molecular formula is C36H46O3. The van der Waals surface area contributed by atoms with E-state index >= 15 is 0 Å². The van der Waals surface area contributed by atoms with Gasteiger partial charge in [0.2, 0.25) is 0 Å². The van der Waals surface area contributed by atoms with Crippen molar-refractivity contribution in [2.24, 2.45) is 0 Å². The Labute approximate surface area is 236 Å². The summed E-state index contributed by atoms with van der Waals surface area (Å²) in [7, 11) is 3.39. The second-order valence-corrected chi connectivity index (χ2v) is 9.84. The number of allylic oxidation sites excluding steroid dienone is 4. The van der Waals surface area contributed by atoms with Gasteiger partial charge in [0.25, 0.3) is 0 Å². The Morgan fingerprint density at radius 3 is 1.49 bits per heavy atom. The summed E-state index contributed by atoms with van der Waals surface area (Å²) < 4.78 is 17.8. The summed E-state index contributed by atoms with van der Waals surface area (Å²) in [6.07, 6.45) is 19.8. The van der Waals surface area contributed by atoms with Crippen molar-refractivity contribution in [2.75, 3.05) is 20.8 Å². The number of rotatable bonds is 18. The standard InChI is InChI=1S/C36H46O3/c1-4-5-6-7-8-9-10-11-12-13-14-15-19-30-39-36(31-20-17-16-18-21-31,32-22-26-34(37-2)27-23-32)33-24-28-35(38-3)29-25-33/h5-6,11-12,16-18,20-29H,4,7-10,13-15,19,30H2,1-3H3. The SMILES string of the molecule is CCC=CCCCCC=CCCCCCOC(c1ccccc1)(c1ccc(OC)cc1)c1ccc(OC)cc1. The molecular weight excluding hydrogens is 480 g/mol. The van der Waals surface area contributed by atoms with E-state index in [0.717, 1.165) is 53.9 Å². The zero-order valence-electron chi connectivity index (χ0n) is 24.1. The molecule has 0 radical (unpaired) electrons. The van der Waals surface area contributed by atoms with Crippen molar-refractivity contribution in [2.45, 2.75) is 70.3 Å². The van der Waals surface area contributed by atoms with Crippen LogP contribution in [0.4, 0.5) is 0 Å². The van der Waals surface area contributed by atoms with Crippen molar-refractivity contribution in [3.8, 4) is 11.5 Å². The molecule has 0 unspecified atom stereocenters. The van der Waals surface area contributed by atoms with Gasteiger partial charge in [-0.3, -0.25) is 0 Å². The maximum atomic E-state index is 6.93. The third-order valence-corrected chi connectivity index (χ3v) is 7.07. The van der Waals surface area contributed by atoms with Gasteiger partial charge in [-0.25, -0.2) is 0 Å². The van der Waals surface area contributed by atoms with Gasteiger partial charge >= 0.3 is 0 Å². The van der Waals surface area contributed by atoms with Gasteiger partial charge in [0.15, 0.2) is 0 Å². The highest BCUT2D eigenvalue weighted by Crippen LogP contribution is 2.41. The van der Waals surface area contributed by atoms with Crippen LogP contribution in [0.25, 0.3) is 0 Å². The lowest BCUT2D eigenvalue weighted by Gasteiger charge is -2.36. The number of ether oxygens (including phenoxy) is 3. The highest BCUT2D eigenvalue weighted by Gasteiger charge is 2.37. The summed E-state index contributed by atoms with van der Waals surface area (Å²) in [5.74, 6) is 1.66. The van der Waals surface area contributed by atoms with Crippen molar-refractivity contribution < 1.29 is 14.2 Å².